The van der Waals surface area contributed by atoms with Crippen molar-refractivity contribution >= 4 is 5.91 Å². The molecule has 0 radical (unpaired) electrons. The summed E-state index contributed by atoms with van der Waals surface area (Å²) in [5.41, 5.74) is 0.541. The Morgan fingerprint density at radius 2 is 1.94 bits per heavy atom. The van der Waals surface area contributed by atoms with Gasteiger partial charge in [0, 0.05) is 7.05 Å². The molecule has 1 aromatic heterocycles. The van der Waals surface area contributed by atoms with Crippen LogP contribution in [0.5, 0.6) is 0 Å². The van der Waals surface area contributed by atoms with Crippen molar-refractivity contribution in [3.05, 3.63) is 27.2 Å². The molecule has 100 valence electrons. The summed E-state index contributed by atoms with van der Waals surface area (Å²) in [6.45, 7) is 2.53. The first-order chi connectivity index (χ1) is 8.42. The van der Waals surface area contributed by atoms with Crippen LogP contribution >= 0.6 is 0 Å². The van der Waals surface area contributed by atoms with E-state index in [4.69, 9.17) is 10.2 Å². The van der Waals surface area contributed by atoms with Gasteiger partial charge in [-0.1, -0.05) is 0 Å². The van der Waals surface area contributed by atoms with Crippen molar-refractivity contribution in [1.82, 2.24) is 15.1 Å². The van der Waals surface area contributed by atoms with E-state index in [1.165, 1.54) is 7.05 Å². The first-order valence-corrected chi connectivity index (χ1v) is 5.49. The van der Waals surface area contributed by atoms with Crippen LogP contribution in [0.1, 0.15) is 21.6 Å². The minimum atomic E-state index is -0.782. The summed E-state index contributed by atoms with van der Waals surface area (Å²) in [7, 11) is 1.46. The number of hydrogen-bond donors (Lipinski definition) is 3. The molecule has 0 aliphatic heterocycles. The van der Waals surface area contributed by atoms with E-state index in [2.05, 4.69) is 10.4 Å². The van der Waals surface area contributed by atoms with E-state index >= 15 is 0 Å². The Kier molecular flexibility index (Phi) is 4.57. The second-order valence-corrected chi connectivity index (χ2v) is 4.05. The van der Waals surface area contributed by atoms with Gasteiger partial charge in [-0.2, -0.15) is 5.10 Å². The largest absolute Gasteiger partial charge is 0.394 e. The molecule has 1 rings (SSSR count). The number of amides is 1. The Labute approximate surface area is 104 Å². The minimum Gasteiger partial charge on any atom is -0.394 e. The van der Waals surface area contributed by atoms with Crippen LogP contribution in [0.4, 0.5) is 0 Å². The van der Waals surface area contributed by atoms with Gasteiger partial charge in [0.05, 0.1) is 24.9 Å². The van der Waals surface area contributed by atoms with E-state index in [0.29, 0.717) is 11.3 Å². The highest BCUT2D eigenvalue weighted by molar-refractivity contribution is 5.95. The first-order valence-electron chi connectivity index (χ1n) is 5.49. The van der Waals surface area contributed by atoms with Gasteiger partial charge >= 0.3 is 0 Å². The Balaban J connectivity index is 3.17. The van der Waals surface area contributed by atoms with Gasteiger partial charge in [0.1, 0.15) is 5.56 Å². The molecular weight excluding hydrogens is 238 g/mol. The molecule has 0 aliphatic carbocycles. The lowest BCUT2D eigenvalue weighted by Crippen LogP contribution is -2.43. The maximum absolute atomic E-state index is 11.9. The second kappa shape index (κ2) is 5.74. The molecule has 0 bridgehead atoms. The number of hydrogen-bond acceptors (Lipinski definition) is 5. The highest BCUT2D eigenvalue weighted by Crippen LogP contribution is 2.05. The van der Waals surface area contributed by atoms with E-state index in [1.54, 1.807) is 13.8 Å². The summed E-state index contributed by atoms with van der Waals surface area (Å²) in [5.74, 6) is -0.619. The number of carbonyl (C=O) groups excluding carboxylic acids is 1. The van der Waals surface area contributed by atoms with Crippen molar-refractivity contribution in [2.45, 2.75) is 19.9 Å². The molecule has 7 nitrogen and oxygen atoms in total. The van der Waals surface area contributed by atoms with Crippen LogP contribution < -0.4 is 10.9 Å². The van der Waals surface area contributed by atoms with Crippen LogP contribution in [0.15, 0.2) is 4.79 Å². The summed E-state index contributed by atoms with van der Waals surface area (Å²) < 4.78 is 1.09. The second-order valence-electron chi connectivity index (χ2n) is 4.05. The van der Waals surface area contributed by atoms with Crippen molar-refractivity contribution in [1.29, 1.82) is 0 Å². The third kappa shape index (κ3) is 2.74. The zero-order valence-corrected chi connectivity index (χ0v) is 10.6. The predicted molar refractivity (Wildman–Crippen MR) is 64.4 cm³/mol. The van der Waals surface area contributed by atoms with Gasteiger partial charge in [0.25, 0.3) is 11.5 Å². The lowest BCUT2D eigenvalue weighted by atomic mass is 10.1. The van der Waals surface area contributed by atoms with E-state index < -0.39 is 30.7 Å². The van der Waals surface area contributed by atoms with Crippen LogP contribution in [-0.2, 0) is 7.05 Å². The van der Waals surface area contributed by atoms with Gasteiger partial charge < -0.3 is 15.5 Å². The van der Waals surface area contributed by atoms with Gasteiger partial charge in [0.15, 0.2) is 0 Å². The number of aromatic nitrogens is 2. The Bertz CT molecular complexity index is 506. The number of carbonyl (C=O) groups is 1. The highest BCUT2D eigenvalue weighted by Gasteiger charge is 2.20. The molecule has 1 heterocycles. The topological polar surface area (TPSA) is 104 Å². The number of aliphatic hydroxyl groups excluding tert-OH is 2. The van der Waals surface area contributed by atoms with E-state index in [1.807, 2.05) is 0 Å². The average molecular weight is 255 g/mol. The first kappa shape index (κ1) is 14.3. The summed E-state index contributed by atoms with van der Waals surface area (Å²) >= 11 is 0. The number of aliphatic hydroxyl groups is 2. The molecule has 3 N–H and O–H groups in total. The van der Waals surface area contributed by atoms with Gasteiger partial charge in [-0.25, -0.2) is 4.68 Å². The van der Waals surface area contributed by atoms with Crippen LogP contribution in [0.3, 0.4) is 0 Å². The number of nitrogens with one attached hydrogen (secondary N) is 1. The van der Waals surface area contributed by atoms with Crippen LogP contribution in [0, 0.1) is 13.8 Å². The molecule has 1 aromatic rings. The van der Waals surface area contributed by atoms with Crippen LogP contribution in [0.2, 0.25) is 0 Å². The highest BCUT2D eigenvalue weighted by atomic mass is 16.3. The lowest BCUT2D eigenvalue weighted by molar-refractivity contribution is 0.0876. The van der Waals surface area contributed by atoms with Gasteiger partial charge in [0.2, 0.25) is 0 Å². The number of rotatable bonds is 4. The van der Waals surface area contributed by atoms with Crippen molar-refractivity contribution in [3.8, 4) is 0 Å². The van der Waals surface area contributed by atoms with Crippen LogP contribution in [0.25, 0.3) is 0 Å². The fraction of sp³-hybridized carbons (Fsp3) is 0.545. The van der Waals surface area contributed by atoms with Gasteiger partial charge in [-0.05, 0) is 19.4 Å². The zero-order chi connectivity index (χ0) is 13.9. The minimum absolute atomic E-state index is 0.0168. The summed E-state index contributed by atoms with van der Waals surface area (Å²) in [6.07, 6.45) is 0. The van der Waals surface area contributed by atoms with E-state index in [9.17, 15) is 9.59 Å². The third-order valence-corrected chi connectivity index (χ3v) is 2.73. The molecular formula is C11H17N3O4. The quantitative estimate of drug-likeness (QED) is 0.606. The molecule has 0 unspecified atom stereocenters. The number of nitrogens with zero attached hydrogens (tertiary/aromatic N) is 2. The zero-order valence-electron chi connectivity index (χ0n) is 10.6. The fourth-order valence-electron chi connectivity index (χ4n) is 1.52. The summed E-state index contributed by atoms with van der Waals surface area (Å²) in [6, 6.07) is -0.782. The van der Waals surface area contributed by atoms with E-state index in [0.717, 1.165) is 4.68 Å². The molecule has 0 saturated heterocycles. The molecule has 0 aromatic carbocycles. The van der Waals surface area contributed by atoms with Crippen molar-refractivity contribution in [2.24, 2.45) is 7.05 Å². The normalized spacial score (nSPS) is 10.8. The van der Waals surface area contributed by atoms with Gasteiger partial charge in [-0.3, -0.25) is 9.59 Å². The molecule has 0 fully saturated rings. The predicted octanol–water partition coefficient (Wildman–Crippen LogP) is -1.52. The maximum atomic E-state index is 11.9. The molecule has 18 heavy (non-hydrogen) atoms. The Morgan fingerprint density at radius 3 is 2.44 bits per heavy atom. The molecule has 1 amide bonds. The smallest absolute Gasteiger partial charge is 0.279 e. The van der Waals surface area contributed by atoms with Crippen molar-refractivity contribution < 1.29 is 15.0 Å². The molecule has 0 spiro atoms. The van der Waals surface area contributed by atoms with Gasteiger partial charge in [-0.15, -0.1) is 0 Å². The molecule has 0 atom stereocenters. The lowest BCUT2D eigenvalue weighted by Gasteiger charge is -2.15. The van der Waals surface area contributed by atoms with E-state index in [-0.39, 0.29) is 5.56 Å². The molecule has 0 aliphatic rings. The summed E-state index contributed by atoms with van der Waals surface area (Å²) in [4.78, 5) is 23.8. The maximum Gasteiger partial charge on any atom is 0.279 e. The average Bonchev–Trinajstić information content (AvgIpc) is 2.33. The molecule has 7 heteroatoms. The molecule has 0 saturated carbocycles. The van der Waals surface area contributed by atoms with Crippen molar-refractivity contribution in [3.63, 3.8) is 0 Å². The standard InChI is InChI=1S/C11H17N3O4/c1-6-7(2)13-14(3)11(18)9(6)10(17)12-8(4-15)5-16/h8,15-16H,4-5H2,1-3H3,(H,12,17). The monoisotopic (exact) mass is 255 g/mol. The Morgan fingerprint density at radius 1 is 1.39 bits per heavy atom. The van der Waals surface area contributed by atoms with Crippen LogP contribution in [-0.4, -0.2) is 45.2 Å². The van der Waals surface area contributed by atoms with Crippen molar-refractivity contribution in [2.75, 3.05) is 13.2 Å². The third-order valence-electron chi connectivity index (χ3n) is 2.73. The Hall–Kier alpha value is -1.73. The fourth-order valence-corrected chi connectivity index (χ4v) is 1.52. The SMILES string of the molecule is Cc1nn(C)c(=O)c(C(=O)NC(CO)CO)c1C. The number of aryl methyl sites for hydroxylation is 2. The summed E-state index contributed by atoms with van der Waals surface area (Å²) in [5, 5.41) is 24.1.